The molecule has 0 fully saturated rings. The molecule has 0 radical (unpaired) electrons. The second-order valence-electron chi connectivity index (χ2n) is 3.46. The van der Waals surface area contributed by atoms with Crippen LogP contribution in [0.2, 0.25) is 0 Å². The van der Waals surface area contributed by atoms with E-state index in [4.69, 9.17) is 5.11 Å². The maximum Gasteiger partial charge on any atom is 0.305 e. The minimum absolute atomic E-state index is 0.129. The minimum atomic E-state index is -0.987. The first kappa shape index (κ1) is 12.9. The Morgan fingerprint density at radius 2 is 2.24 bits per heavy atom. The molecule has 0 unspecified atom stereocenters. The Morgan fingerprint density at radius 1 is 1.59 bits per heavy atom. The van der Waals surface area contributed by atoms with E-state index in [9.17, 15) is 19.3 Å². The molecule has 1 aromatic carbocycles. The quantitative estimate of drug-likeness (QED) is 0.626. The molecule has 0 amide bonds. The number of carbonyl (C=O) groups is 1. The molecule has 6 nitrogen and oxygen atoms in total. The van der Waals surface area contributed by atoms with E-state index < -0.39 is 16.7 Å². The number of nitro groups is 1. The summed E-state index contributed by atoms with van der Waals surface area (Å²) < 4.78 is 13.5. The number of benzene rings is 1. The summed E-state index contributed by atoms with van der Waals surface area (Å²) in [6.45, 7) is 0.129. The second-order valence-corrected chi connectivity index (χ2v) is 3.46. The van der Waals surface area contributed by atoms with E-state index in [0.717, 1.165) is 6.07 Å². The van der Waals surface area contributed by atoms with Gasteiger partial charge in [-0.3, -0.25) is 14.9 Å². The second kappa shape index (κ2) is 5.24. The van der Waals surface area contributed by atoms with Gasteiger partial charge in [0.2, 0.25) is 0 Å². The zero-order valence-electron chi connectivity index (χ0n) is 9.09. The number of rotatable bonds is 5. The first-order valence-corrected chi connectivity index (χ1v) is 4.78. The number of anilines is 1. The van der Waals surface area contributed by atoms with Gasteiger partial charge in [-0.2, -0.15) is 0 Å². The molecule has 0 atom stereocenters. The summed E-state index contributed by atoms with van der Waals surface area (Å²) in [5.41, 5.74) is -0.199. The van der Waals surface area contributed by atoms with Gasteiger partial charge in [0.05, 0.1) is 23.1 Å². The number of nitro benzene ring substituents is 1. The Bertz CT molecular complexity index is 450. The predicted octanol–water partition coefficient (Wildman–Crippen LogP) is 1.64. The predicted molar refractivity (Wildman–Crippen MR) is 58.6 cm³/mol. The Kier molecular flexibility index (Phi) is 3.97. The monoisotopic (exact) mass is 242 g/mol. The number of hydrogen-bond acceptors (Lipinski definition) is 4. The summed E-state index contributed by atoms with van der Waals surface area (Å²) in [4.78, 5) is 21.5. The fraction of sp³-hybridized carbons (Fsp3) is 0.300. The van der Waals surface area contributed by atoms with Gasteiger partial charge in [-0.05, 0) is 6.07 Å². The van der Waals surface area contributed by atoms with Gasteiger partial charge in [0.1, 0.15) is 0 Å². The van der Waals surface area contributed by atoms with Crippen molar-refractivity contribution in [2.75, 3.05) is 18.5 Å². The highest BCUT2D eigenvalue weighted by Gasteiger charge is 2.13. The molecule has 0 heterocycles. The molecule has 7 heteroatoms. The van der Waals surface area contributed by atoms with Crippen LogP contribution in [0.3, 0.4) is 0 Å². The maximum atomic E-state index is 13.5. The van der Waals surface area contributed by atoms with Crippen molar-refractivity contribution in [2.24, 2.45) is 0 Å². The van der Waals surface area contributed by atoms with E-state index in [2.05, 4.69) is 0 Å². The van der Waals surface area contributed by atoms with E-state index in [1.165, 1.54) is 24.1 Å². The van der Waals surface area contributed by atoms with Crippen molar-refractivity contribution in [2.45, 2.75) is 6.42 Å². The number of carboxylic acids is 1. The fourth-order valence-corrected chi connectivity index (χ4v) is 1.30. The summed E-state index contributed by atoms with van der Waals surface area (Å²) >= 11 is 0. The van der Waals surface area contributed by atoms with Crippen LogP contribution in [0.1, 0.15) is 6.42 Å². The Morgan fingerprint density at radius 3 is 2.71 bits per heavy atom. The minimum Gasteiger partial charge on any atom is -0.481 e. The van der Waals surface area contributed by atoms with Crippen LogP contribution in [-0.4, -0.2) is 29.6 Å². The van der Waals surface area contributed by atoms with E-state index in [-0.39, 0.29) is 24.3 Å². The van der Waals surface area contributed by atoms with Crippen LogP contribution < -0.4 is 4.90 Å². The number of aliphatic carboxylic acids is 1. The van der Waals surface area contributed by atoms with Gasteiger partial charge in [0, 0.05) is 19.7 Å². The third-order valence-corrected chi connectivity index (χ3v) is 2.21. The van der Waals surface area contributed by atoms with Crippen molar-refractivity contribution >= 4 is 17.3 Å². The smallest absolute Gasteiger partial charge is 0.305 e. The van der Waals surface area contributed by atoms with Crippen LogP contribution in [0, 0.1) is 15.9 Å². The number of non-ortho nitro benzene ring substituents is 1. The molecule has 0 saturated heterocycles. The van der Waals surface area contributed by atoms with Crippen molar-refractivity contribution in [3.8, 4) is 0 Å². The lowest BCUT2D eigenvalue weighted by Gasteiger charge is -2.18. The van der Waals surface area contributed by atoms with Crippen LogP contribution in [0.5, 0.6) is 0 Å². The summed E-state index contributed by atoms with van der Waals surface area (Å²) in [5, 5.41) is 18.9. The van der Waals surface area contributed by atoms with Crippen LogP contribution in [0.4, 0.5) is 15.8 Å². The number of hydrogen-bond donors (Lipinski definition) is 1. The van der Waals surface area contributed by atoms with Crippen molar-refractivity contribution in [3.63, 3.8) is 0 Å². The Balaban J connectivity index is 2.84. The number of nitrogens with zero attached hydrogens (tertiary/aromatic N) is 2. The highest BCUT2D eigenvalue weighted by Crippen LogP contribution is 2.23. The molecule has 17 heavy (non-hydrogen) atoms. The molecule has 0 aliphatic heterocycles. The number of carboxylic acid groups (broad SMARTS) is 1. The highest BCUT2D eigenvalue weighted by atomic mass is 19.1. The summed E-state index contributed by atoms with van der Waals surface area (Å²) in [5.74, 6) is -1.73. The zero-order chi connectivity index (χ0) is 13.0. The zero-order valence-corrected chi connectivity index (χ0v) is 9.09. The fourth-order valence-electron chi connectivity index (χ4n) is 1.30. The maximum absolute atomic E-state index is 13.5. The van der Waals surface area contributed by atoms with E-state index in [1.54, 1.807) is 0 Å². The van der Waals surface area contributed by atoms with Crippen LogP contribution >= 0.6 is 0 Å². The first-order chi connectivity index (χ1) is 7.91. The SMILES string of the molecule is CN(CCC(=O)O)c1ccc([N+](=O)[O-])cc1F. The van der Waals surface area contributed by atoms with Gasteiger partial charge in [0.25, 0.3) is 5.69 Å². The van der Waals surface area contributed by atoms with Crippen molar-refractivity contribution in [1.29, 1.82) is 0 Å². The largest absolute Gasteiger partial charge is 0.481 e. The molecule has 0 spiro atoms. The third kappa shape index (κ3) is 3.40. The molecule has 0 aliphatic rings. The summed E-state index contributed by atoms with van der Waals surface area (Å²) in [7, 11) is 1.52. The molecule has 1 N–H and O–H groups in total. The van der Waals surface area contributed by atoms with E-state index in [0.29, 0.717) is 0 Å². The molecule has 1 aromatic rings. The Labute approximate surface area is 96.4 Å². The van der Waals surface area contributed by atoms with Crippen molar-refractivity contribution < 1.29 is 19.2 Å². The lowest BCUT2D eigenvalue weighted by molar-refractivity contribution is -0.385. The van der Waals surface area contributed by atoms with E-state index >= 15 is 0 Å². The average Bonchev–Trinajstić information content (AvgIpc) is 2.25. The standard InChI is InChI=1S/C10H11FN2O4/c1-12(5-4-10(14)15)9-3-2-7(13(16)17)6-8(9)11/h2-3,6H,4-5H2,1H3,(H,14,15). The molecular weight excluding hydrogens is 231 g/mol. The van der Waals surface area contributed by atoms with Crippen molar-refractivity contribution in [1.82, 2.24) is 0 Å². The van der Waals surface area contributed by atoms with Gasteiger partial charge >= 0.3 is 5.97 Å². The van der Waals surface area contributed by atoms with Crippen LogP contribution in [-0.2, 0) is 4.79 Å². The van der Waals surface area contributed by atoms with Crippen LogP contribution in [0.15, 0.2) is 18.2 Å². The molecule has 0 aliphatic carbocycles. The lowest BCUT2D eigenvalue weighted by atomic mass is 10.2. The molecule has 0 aromatic heterocycles. The molecule has 0 saturated carbocycles. The normalized spacial score (nSPS) is 10.0. The molecule has 1 rings (SSSR count). The molecular formula is C10H11FN2O4. The molecule has 92 valence electrons. The summed E-state index contributed by atoms with van der Waals surface area (Å²) in [6.07, 6.45) is -0.132. The first-order valence-electron chi connectivity index (χ1n) is 4.78. The van der Waals surface area contributed by atoms with Crippen LogP contribution in [0.25, 0.3) is 0 Å². The van der Waals surface area contributed by atoms with Gasteiger partial charge in [-0.15, -0.1) is 0 Å². The Hall–Kier alpha value is -2.18. The third-order valence-electron chi connectivity index (χ3n) is 2.21. The lowest BCUT2D eigenvalue weighted by Crippen LogP contribution is -2.22. The number of halogens is 1. The average molecular weight is 242 g/mol. The highest BCUT2D eigenvalue weighted by molar-refractivity contribution is 5.67. The van der Waals surface area contributed by atoms with Crippen molar-refractivity contribution in [3.05, 3.63) is 34.1 Å². The van der Waals surface area contributed by atoms with Gasteiger partial charge in [-0.25, -0.2) is 4.39 Å². The van der Waals surface area contributed by atoms with Gasteiger partial charge < -0.3 is 10.0 Å². The van der Waals surface area contributed by atoms with E-state index in [1.807, 2.05) is 0 Å². The van der Waals surface area contributed by atoms with Gasteiger partial charge in [0.15, 0.2) is 5.82 Å². The van der Waals surface area contributed by atoms with Gasteiger partial charge in [-0.1, -0.05) is 0 Å². The summed E-state index contributed by atoms with van der Waals surface area (Å²) in [6, 6.07) is 3.25. The molecule has 0 bridgehead atoms. The topological polar surface area (TPSA) is 83.7 Å².